The van der Waals surface area contributed by atoms with Crippen LogP contribution in [0.1, 0.15) is 25.6 Å². The van der Waals surface area contributed by atoms with Gasteiger partial charge in [-0.05, 0) is 30.7 Å². The van der Waals surface area contributed by atoms with Crippen LogP contribution in [0.5, 0.6) is 0 Å². The number of hydrogen-bond acceptors (Lipinski definition) is 3. The quantitative estimate of drug-likeness (QED) is 0.584. The summed E-state index contributed by atoms with van der Waals surface area (Å²) in [5.41, 5.74) is 2.08. The topological polar surface area (TPSA) is 59.3 Å². The first kappa shape index (κ1) is 14.7. The number of aromatic carboxylic acids is 1. The van der Waals surface area contributed by atoms with Crippen molar-refractivity contribution in [3.63, 3.8) is 0 Å². The highest BCUT2D eigenvalue weighted by molar-refractivity contribution is 7.21. The van der Waals surface area contributed by atoms with E-state index in [-0.39, 0.29) is 10.8 Å². The monoisotopic (exact) mass is 335 g/mol. The third-order valence-electron chi connectivity index (χ3n) is 4.16. The summed E-state index contributed by atoms with van der Waals surface area (Å²) >= 11 is 1.15. The Hall–Kier alpha value is -2.92. The molecule has 0 saturated heterocycles. The third kappa shape index (κ3) is 1.98. The summed E-state index contributed by atoms with van der Waals surface area (Å²) in [4.78, 5) is 25.5. The minimum atomic E-state index is -0.962. The summed E-state index contributed by atoms with van der Waals surface area (Å²) in [6.07, 6.45) is 0. The number of nitrogens with zero attached hydrogens (tertiary/aromatic N) is 1. The predicted molar refractivity (Wildman–Crippen MR) is 95.2 cm³/mol. The van der Waals surface area contributed by atoms with Crippen LogP contribution in [0.4, 0.5) is 0 Å². The van der Waals surface area contributed by atoms with Gasteiger partial charge in [-0.2, -0.15) is 0 Å². The third-order valence-corrected chi connectivity index (χ3v) is 5.43. The van der Waals surface area contributed by atoms with Gasteiger partial charge in [0.2, 0.25) is 0 Å². The van der Waals surface area contributed by atoms with Gasteiger partial charge in [-0.3, -0.25) is 9.36 Å². The van der Waals surface area contributed by atoms with Crippen molar-refractivity contribution in [2.45, 2.75) is 6.92 Å². The molecular formula is C19H13NO3S. The second-order valence-electron chi connectivity index (χ2n) is 5.57. The maximum atomic E-state index is 13.0. The molecule has 2 aromatic heterocycles. The summed E-state index contributed by atoms with van der Waals surface area (Å²) in [6, 6.07) is 16.6. The number of rotatable bonds is 2. The van der Waals surface area contributed by atoms with Gasteiger partial charge >= 0.3 is 5.97 Å². The van der Waals surface area contributed by atoms with Crippen LogP contribution in [0.25, 0.3) is 21.1 Å². The number of aromatic nitrogens is 1. The van der Waals surface area contributed by atoms with Gasteiger partial charge in [0.1, 0.15) is 9.71 Å². The van der Waals surface area contributed by atoms with Crippen molar-refractivity contribution in [2.24, 2.45) is 0 Å². The number of carboxylic acid groups (broad SMARTS) is 1. The highest BCUT2D eigenvalue weighted by Crippen LogP contribution is 2.39. The molecule has 0 atom stereocenters. The molecule has 0 saturated carbocycles. The molecule has 118 valence electrons. The van der Waals surface area contributed by atoms with E-state index < -0.39 is 5.97 Å². The summed E-state index contributed by atoms with van der Waals surface area (Å²) in [6.45, 7) is 1.80. The van der Waals surface area contributed by atoms with Crippen molar-refractivity contribution in [3.05, 3.63) is 70.6 Å². The zero-order valence-electron chi connectivity index (χ0n) is 12.8. The van der Waals surface area contributed by atoms with Gasteiger partial charge in [-0.25, -0.2) is 4.79 Å². The minimum Gasteiger partial charge on any atom is -0.477 e. The fourth-order valence-corrected chi connectivity index (χ4v) is 4.25. The Morgan fingerprint density at radius 1 is 1.00 bits per heavy atom. The second kappa shape index (κ2) is 5.32. The number of carboxylic acids is 1. The Morgan fingerprint density at radius 2 is 1.67 bits per heavy atom. The molecule has 4 nitrogen and oxygen atoms in total. The van der Waals surface area contributed by atoms with Crippen molar-refractivity contribution >= 4 is 44.3 Å². The maximum absolute atomic E-state index is 13.0. The molecule has 4 aromatic rings. The first-order valence-electron chi connectivity index (χ1n) is 7.45. The number of carbonyl (C=O) groups excluding carboxylic acids is 1. The largest absolute Gasteiger partial charge is 0.477 e. The molecule has 0 aliphatic carbocycles. The molecule has 0 unspecified atom stereocenters. The Morgan fingerprint density at radius 3 is 2.38 bits per heavy atom. The van der Waals surface area contributed by atoms with Crippen LogP contribution < -0.4 is 0 Å². The normalized spacial score (nSPS) is 11.2. The molecule has 0 bridgehead atoms. The van der Waals surface area contributed by atoms with Gasteiger partial charge < -0.3 is 5.11 Å². The van der Waals surface area contributed by atoms with Crippen LogP contribution >= 0.6 is 11.3 Å². The molecule has 0 amide bonds. The van der Waals surface area contributed by atoms with E-state index in [9.17, 15) is 14.7 Å². The fraction of sp³-hybridized carbons (Fsp3) is 0.0526. The number of carbonyl (C=O) groups is 2. The van der Waals surface area contributed by atoms with Crippen molar-refractivity contribution in [1.82, 2.24) is 4.57 Å². The van der Waals surface area contributed by atoms with Crippen LogP contribution in [-0.4, -0.2) is 21.6 Å². The van der Waals surface area contributed by atoms with Crippen LogP contribution in [0.15, 0.2) is 54.6 Å². The minimum absolute atomic E-state index is 0.153. The zero-order chi connectivity index (χ0) is 16.8. The van der Waals surface area contributed by atoms with E-state index in [2.05, 4.69) is 0 Å². The first-order valence-corrected chi connectivity index (χ1v) is 8.27. The molecule has 0 radical (unpaired) electrons. The molecule has 1 N–H and O–H groups in total. The molecule has 0 spiro atoms. The van der Waals surface area contributed by atoms with Gasteiger partial charge in [0.05, 0.1) is 5.52 Å². The Kier molecular flexibility index (Phi) is 3.25. The van der Waals surface area contributed by atoms with E-state index in [4.69, 9.17) is 0 Å². The van der Waals surface area contributed by atoms with Crippen molar-refractivity contribution in [1.29, 1.82) is 0 Å². The number of thiophene rings is 1. The van der Waals surface area contributed by atoms with Crippen LogP contribution in [0.3, 0.4) is 0 Å². The number of hydrogen-bond donors (Lipinski definition) is 1. The smallest absolute Gasteiger partial charge is 0.346 e. The molecule has 2 heterocycles. The highest BCUT2D eigenvalue weighted by Gasteiger charge is 2.24. The van der Waals surface area contributed by atoms with Crippen molar-refractivity contribution < 1.29 is 14.7 Å². The summed E-state index contributed by atoms with van der Waals surface area (Å²) in [5.74, 6) is -1.11. The highest BCUT2D eigenvalue weighted by atomic mass is 32.1. The fourth-order valence-electron chi connectivity index (χ4n) is 3.08. The zero-order valence-corrected chi connectivity index (χ0v) is 13.6. The van der Waals surface area contributed by atoms with Crippen LogP contribution in [0.2, 0.25) is 0 Å². The molecule has 2 aromatic carbocycles. The van der Waals surface area contributed by atoms with E-state index >= 15 is 0 Å². The predicted octanol–water partition coefficient (Wildman–Crippen LogP) is 4.55. The molecule has 0 aliphatic rings. The molecule has 0 fully saturated rings. The molecule has 4 rings (SSSR count). The van der Waals surface area contributed by atoms with E-state index in [0.29, 0.717) is 16.0 Å². The van der Waals surface area contributed by atoms with Crippen molar-refractivity contribution in [2.75, 3.05) is 0 Å². The van der Waals surface area contributed by atoms with Gasteiger partial charge in [0.15, 0.2) is 0 Å². The number of fused-ring (bicyclic) bond motifs is 3. The molecule has 5 heteroatoms. The van der Waals surface area contributed by atoms with Crippen LogP contribution in [0, 0.1) is 6.92 Å². The molecule has 0 aliphatic heterocycles. The Balaban J connectivity index is 2.11. The second-order valence-corrected chi connectivity index (χ2v) is 6.56. The standard InChI is InChI=1S/C19H13NO3S/c1-11-15-13-9-5-6-10-14(13)20(18(15)24-16(11)19(22)23)17(21)12-7-3-2-4-8-12/h2-10H,1H3,(H,22,23). The lowest BCUT2D eigenvalue weighted by Gasteiger charge is -2.05. The Bertz CT molecular complexity index is 1110. The van der Waals surface area contributed by atoms with E-state index in [1.54, 1.807) is 23.6 Å². The van der Waals surface area contributed by atoms with Gasteiger partial charge in [-0.1, -0.05) is 36.4 Å². The SMILES string of the molecule is Cc1c(C(=O)O)sc2c1c1ccccc1n2C(=O)c1ccccc1. The summed E-state index contributed by atoms with van der Waals surface area (Å²) in [5, 5.41) is 11.2. The van der Waals surface area contributed by atoms with Gasteiger partial charge in [-0.15, -0.1) is 11.3 Å². The van der Waals surface area contributed by atoms with Crippen molar-refractivity contribution in [3.8, 4) is 0 Å². The van der Waals surface area contributed by atoms with Crippen LogP contribution in [-0.2, 0) is 0 Å². The lowest BCUT2D eigenvalue weighted by atomic mass is 10.1. The average molecular weight is 335 g/mol. The Labute approximate surface area is 141 Å². The first-order chi connectivity index (χ1) is 11.6. The lowest BCUT2D eigenvalue weighted by Crippen LogP contribution is -2.10. The van der Waals surface area contributed by atoms with E-state index in [1.165, 1.54) is 0 Å². The molecular weight excluding hydrogens is 322 g/mol. The maximum Gasteiger partial charge on any atom is 0.346 e. The van der Waals surface area contributed by atoms with E-state index in [0.717, 1.165) is 27.6 Å². The number of para-hydroxylation sites is 1. The van der Waals surface area contributed by atoms with Gasteiger partial charge in [0, 0.05) is 16.3 Å². The summed E-state index contributed by atoms with van der Waals surface area (Å²) < 4.78 is 1.63. The summed E-state index contributed by atoms with van der Waals surface area (Å²) in [7, 11) is 0. The number of aryl methyl sites for hydroxylation is 1. The van der Waals surface area contributed by atoms with E-state index in [1.807, 2.05) is 42.5 Å². The molecule has 24 heavy (non-hydrogen) atoms. The number of benzene rings is 2. The van der Waals surface area contributed by atoms with Gasteiger partial charge in [0.25, 0.3) is 5.91 Å². The lowest BCUT2D eigenvalue weighted by molar-refractivity contribution is 0.0701. The average Bonchev–Trinajstić information content (AvgIpc) is 3.10.